The van der Waals surface area contributed by atoms with E-state index in [0.717, 1.165) is 0 Å². The summed E-state index contributed by atoms with van der Waals surface area (Å²) in [6.45, 7) is 0. The van der Waals surface area contributed by atoms with Crippen LogP contribution in [0.5, 0.6) is 0 Å². The molecule has 0 saturated heterocycles. The molecule has 2 amide bonds. The number of aromatic amines is 1. The van der Waals surface area contributed by atoms with Crippen LogP contribution in [0.15, 0.2) is 42.9 Å². The predicted octanol–water partition coefficient (Wildman–Crippen LogP) is -0.0553. The van der Waals surface area contributed by atoms with Gasteiger partial charge in [-0.3, -0.25) is 14.7 Å². The van der Waals surface area contributed by atoms with Crippen molar-refractivity contribution in [3.8, 4) is 5.82 Å². The third-order valence-electron chi connectivity index (χ3n) is 3.54. The Labute approximate surface area is 142 Å². The summed E-state index contributed by atoms with van der Waals surface area (Å²) in [4.78, 5) is 26.6. The molecule has 0 radical (unpaired) electrons. The van der Waals surface area contributed by atoms with Crippen molar-refractivity contribution in [3.05, 3.63) is 54.0 Å². The van der Waals surface area contributed by atoms with Crippen molar-refractivity contribution in [1.29, 1.82) is 0 Å². The third kappa shape index (κ3) is 3.37. The standard InChI is InChI=1S/C15H16N8O2/c1-22(2)15(25)12(10-6-4-3-5-7-10)18-14(24)11-8-16-19-13(11)23-9-17-20-21-23/h3-9,12H,1-2H3,(H,16,19)(H,18,24)/t12-/m1/s1. The summed E-state index contributed by atoms with van der Waals surface area (Å²) in [5.74, 6) is -0.401. The van der Waals surface area contributed by atoms with Crippen LogP contribution in [-0.2, 0) is 4.79 Å². The largest absolute Gasteiger partial charge is 0.347 e. The average Bonchev–Trinajstić information content (AvgIpc) is 3.30. The number of hydrogen-bond donors (Lipinski definition) is 2. The lowest BCUT2D eigenvalue weighted by Gasteiger charge is -2.22. The molecule has 0 bridgehead atoms. The van der Waals surface area contributed by atoms with E-state index < -0.39 is 11.9 Å². The highest BCUT2D eigenvalue weighted by Gasteiger charge is 2.26. The molecule has 1 aromatic carbocycles. The maximum Gasteiger partial charge on any atom is 0.257 e. The first-order chi connectivity index (χ1) is 12.1. The predicted molar refractivity (Wildman–Crippen MR) is 86.6 cm³/mol. The summed E-state index contributed by atoms with van der Waals surface area (Å²) in [5.41, 5.74) is 0.904. The van der Waals surface area contributed by atoms with Crippen LogP contribution < -0.4 is 5.32 Å². The Kier molecular flexibility index (Phi) is 4.50. The number of rotatable bonds is 5. The molecule has 2 heterocycles. The first-order valence-corrected chi connectivity index (χ1v) is 7.41. The van der Waals surface area contributed by atoms with Crippen LogP contribution in [-0.4, -0.2) is 61.2 Å². The van der Waals surface area contributed by atoms with E-state index in [1.165, 1.54) is 22.1 Å². The number of amides is 2. The van der Waals surface area contributed by atoms with E-state index >= 15 is 0 Å². The Bertz CT molecular complexity index is 857. The van der Waals surface area contributed by atoms with Gasteiger partial charge in [0, 0.05) is 14.1 Å². The monoisotopic (exact) mass is 340 g/mol. The van der Waals surface area contributed by atoms with Gasteiger partial charge in [-0.15, -0.1) is 5.10 Å². The molecule has 10 heteroatoms. The number of hydrogen-bond acceptors (Lipinski definition) is 6. The minimum atomic E-state index is -0.819. The zero-order valence-corrected chi connectivity index (χ0v) is 13.6. The summed E-state index contributed by atoms with van der Waals surface area (Å²) in [7, 11) is 3.27. The van der Waals surface area contributed by atoms with Crippen LogP contribution in [0.2, 0.25) is 0 Å². The van der Waals surface area contributed by atoms with Crippen molar-refractivity contribution in [2.45, 2.75) is 6.04 Å². The maximum atomic E-state index is 12.7. The smallest absolute Gasteiger partial charge is 0.257 e. The van der Waals surface area contributed by atoms with E-state index in [2.05, 4.69) is 31.0 Å². The number of likely N-dealkylation sites (N-methyl/N-ethyl adjacent to an activating group) is 1. The second kappa shape index (κ2) is 6.91. The average molecular weight is 340 g/mol. The van der Waals surface area contributed by atoms with Crippen LogP contribution in [0.4, 0.5) is 0 Å². The normalized spacial score (nSPS) is 11.8. The van der Waals surface area contributed by atoms with Crippen LogP contribution in [0, 0.1) is 0 Å². The van der Waals surface area contributed by atoms with Gasteiger partial charge in [-0.2, -0.15) is 9.78 Å². The molecule has 0 fully saturated rings. The Morgan fingerprint density at radius 3 is 2.64 bits per heavy atom. The summed E-state index contributed by atoms with van der Waals surface area (Å²) in [6, 6.07) is 8.20. The minimum absolute atomic E-state index is 0.222. The molecular formula is C15H16N8O2. The van der Waals surface area contributed by atoms with Crippen molar-refractivity contribution in [3.63, 3.8) is 0 Å². The van der Waals surface area contributed by atoms with Crippen molar-refractivity contribution in [2.75, 3.05) is 14.1 Å². The number of nitrogens with one attached hydrogen (secondary N) is 2. The minimum Gasteiger partial charge on any atom is -0.347 e. The topological polar surface area (TPSA) is 122 Å². The molecule has 3 rings (SSSR count). The van der Waals surface area contributed by atoms with Crippen LogP contribution >= 0.6 is 0 Å². The third-order valence-corrected chi connectivity index (χ3v) is 3.54. The molecule has 25 heavy (non-hydrogen) atoms. The van der Waals surface area contributed by atoms with Crippen LogP contribution in [0.3, 0.4) is 0 Å². The second-order valence-corrected chi connectivity index (χ2v) is 5.44. The van der Waals surface area contributed by atoms with E-state index in [0.29, 0.717) is 11.4 Å². The summed E-state index contributed by atoms with van der Waals surface area (Å²) < 4.78 is 1.28. The van der Waals surface area contributed by atoms with Gasteiger partial charge in [0.05, 0.1) is 6.20 Å². The molecule has 3 aromatic rings. The number of benzene rings is 1. The summed E-state index contributed by atoms with van der Waals surface area (Å²) in [5, 5.41) is 20.1. The van der Waals surface area contributed by atoms with E-state index in [9.17, 15) is 9.59 Å². The molecular weight excluding hydrogens is 324 g/mol. The molecule has 0 spiro atoms. The second-order valence-electron chi connectivity index (χ2n) is 5.44. The molecule has 128 valence electrons. The van der Waals surface area contributed by atoms with Crippen molar-refractivity contribution < 1.29 is 9.59 Å². The van der Waals surface area contributed by atoms with Crippen LogP contribution in [0.1, 0.15) is 22.0 Å². The number of carbonyl (C=O) groups is 2. The first-order valence-electron chi connectivity index (χ1n) is 7.41. The number of tetrazole rings is 1. The number of carbonyl (C=O) groups excluding carboxylic acids is 2. The molecule has 10 nitrogen and oxygen atoms in total. The highest BCUT2D eigenvalue weighted by atomic mass is 16.2. The Morgan fingerprint density at radius 1 is 1.24 bits per heavy atom. The van der Waals surface area contributed by atoms with Gasteiger partial charge in [-0.05, 0) is 16.0 Å². The van der Waals surface area contributed by atoms with Gasteiger partial charge in [0.15, 0.2) is 5.82 Å². The Morgan fingerprint density at radius 2 is 2.00 bits per heavy atom. The molecule has 0 aliphatic rings. The Balaban J connectivity index is 1.89. The van der Waals surface area contributed by atoms with Gasteiger partial charge >= 0.3 is 0 Å². The van der Waals surface area contributed by atoms with Crippen molar-refractivity contribution >= 4 is 11.8 Å². The highest BCUT2D eigenvalue weighted by molar-refractivity contribution is 5.99. The number of nitrogens with zero attached hydrogens (tertiary/aromatic N) is 6. The van der Waals surface area contributed by atoms with Gasteiger partial charge in [-0.25, -0.2) is 0 Å². The van der Waals surface area contributed by atoms with E-state index in [-0.39, 0.29) is 11.5 Å². The van der Waals surface area contributed by atoms with E-state index in [1.807, 2.05) is 18.2 Å². The van der Waals surface area contributed by atoms with Gasteiger partial charge in [0.2, 0.25) is 5.91 Å². The number of H-pyrrole nitrogens is 1. The summed E-state index contributed by atoms with van der Waals surface area (Å²) >= 11 is 0. The van der Waals surface area contributed by atoms with Gasteiger partial charge < -0.3 is 10.2 Å². The SMILES string of the molecule is CN(C)C(=O)[C@H](NC(=O)c1cn[nH]c1-n1cnnn1)c1ccccc1. The fraction of sp³-hybridized carbons (Fsp3) is 0.200. The quantitative estimate of drug-likeness (QED) is 0.671. The van der Waals surface area contributed by atoms with Gasteiger partial charge in [-0.1, -0.05) is 30.3 Å². The molecule has 0 aliphatic carbocycles. The van der Waals surface area contributed by atoms with Crippen molar-refractivity contribution in [1.82, 2.24) is 40.6 Å². The molecule has 1 atom stereocenters. The molecule has 0 unspecified atom stereocenters. The fourth-order valence-electron chi connectivity index (χ4n) is 2.28. The lowest BCUT2D eigenvalue weighted by molar-refractivity contribution is -0.130. The maximum absolute atomic E-state index is 12.7. The van der Waals surface area contributed by atoms with Crippen molar-refractivity contribution in [2.24, 2.45) is 0 Å². The molecule has 0 aliphatic heterocycles. The van der Waals surface area contributed by atoms with Gasteiger partial charge in [0.1, 0.15) is 17.9 Å². The van der Waals surface area contributed by atoms with Gasteiger partial charge in [0.25, 0.3) is 5.91 Å². The number of aromatic nitrogens is 6. The highest BCUT2D eigenvalue weighted by Crippen LogP contribution is 2.17. The molecule has 2 aromatic heterocycles. The molecule has 0 saturated carbocycles. The van der Waals surface area contributed by atoms with E-state index in [1.54, 1.807) is 26.2 Å². The zero-order valence-electron chi connectivity index (χ0n) is 13.6. The lowest BCUT2D eigenvalue weighted by atomic mass is 10.1. The fourth-order valence-corrected chi connectivity index (χ4v) is 2.28. The first kappa shape index (κ1) is 16.3. The van der Waals surface area contributed by atoms with Crippen LogP contribution in [0.25, 0.3) is 5.82 Å². The summed E-state index contributed by atoms with van der Waals surface area (Å²) in [6.07, 6.45) is 2.69. The van der Waals surface area contributed by atoms with E-state index in [4.69, 9.17) is 0 Å². The lowest BCUT2D eigenvalue weighted by Crippen LogP contribution is -2.40. The molecule has 2 N–H and O–H groups in total. The Hall–Kier alpha value is -3.56. The zero-order chi connectivity index (χ0) is 17.8.